The van der Waals surface area contributed by atoms with Crippen molar-refractivity contribution in [3.8, 4) is 0 Å². The molecule has 0 bridgehead atoms. The van der Waals surface area contributed by atoms with Crippen molar-refractivity contribution in [2.45, 2.75) is 77.8 Å². The molecule has 0 aliphatic heterocycles. The highest BCUT2D eigenvalue weighted by molar-refractivity contribution is 5.30. The number of hydrogen-bond donors (Lipinski definition) is 1. The van der Waals surface area contributed by atoms with E-state index in [4.69, 9.17) is 4.74 Å². The zero-order valence-corrected chi connectivity index (χ0v) is 13.7. The zero-order valence-electron chi connectivity index (χ0n) is 13.7. The molecular formula is C17H31N3O. The average molecular weight is 293 g/mol. The van der Waals surface area contributed by atoms with Crippen LogP contribution in [0.1, 0.15) is 64.0 Å². The SMILES string of the molecule is CCCCOCCCn1cc(C)nc1NC1CCCCC1. The van der Waals surface area contributed by atoms with E-state index in [1.54, 1.807) is 0 Å². The second kappa shape index (κ2) is 9.08. The fourth-order valence-electron chi connectivity index (χ4n) is 2.95. The lowest BCUT2D eigenvalue weighted by molar-refractivity contribution is 0.126. The minimum absolute atomic E-state index is 0.611. The smallest absolute Gasteiger partial charge is 0.203 e. The highest BCUT2D eigenvalue weighted by Gasteiger charge is 2.15. The van der Waals surface area contributed by atoms with E-state index in [1.807, 2.05) is 0 Å². The monoisotopic (exact) mass is 293 g/mol. The summed E-state index contributed by atoms with van der Waals surface area (Å²) in [5.41, 5.74) is 1.10. The topological polar surface area (TPSA) is 39.1 Å². The number of aromatic nitrogens is 2. The number of ether oxygens (including phenoxy) is 1. The summed E-state index contributed by atoms with van der Waals surface area (Å²) in [4.78, 5) is 4.64. The summed E-state index contributed by atoms with van der Waals surface area (Å²) in [5, 5.41) is 3.64. The van der Waals surface area contributed by atoms with Crippen molar-refractivity contribution in [3.05, 3.63) is 11.9 Å². The van der Waals surface area contributed by atoms with Gasteiger partial charge in [0, 0.05) is 32.0 Å². The van der Waals surface area contributed by atoms with Gasteiger partial charge in [0.05, 0.1) is 5.69 Å². The molecule has 1 aromatic heterocycles. The third kappa shape index (κ3) is 5.70. The number of nitrogens with one attached hydrogen (secondary N) is 1. The maximum absolute atomic E-state index is 5.64. The van der Waals surface area contributed by atoms with Gasteiger partial charge in [-0.15, -0.1) is 0 Å². The molecule has 1 aliphatic rings. The van der Waals surface area contributed by atoms with Crippen LogP contribution in [0.25, 0.3) is 0 Å². The molecule has 0 atom stereocenters. The molecule has 0 radical (unpaired) electrons. The van der Waals surface area contributed by atoms with Gasteiger partial charge in [-0.2, -0.15) is 0 Å². The first-order valence-electron chi connectivity index (χ1n) is 8.67. The normalized spacial score (nSPS) is 16.3. The third-order valence-electron chi connectivity index (χ3n) is 4.17. The Morgan fingerprint density at radius 1 is 1.24 bits per heavy atom. The summed E-state index contributed by atoms with van der Waals surface area (Å²) < 4.78 is 7.90. The first-order valence-corrected chi connectivity index (χ1v) is 8.67. The molecule has 0 amide bonds. The van der Waals surface area contributed by atoms with Crippen molar-refractivity contribution < 1.29 is 4.74 Å². The number of nitrogens with zero attached hydrogens (tertiary/aromatic N) is 2. The molecule has 1 heterocycles. The van der Waals surface area contributed by atoms with Crippen LogP contribution in [-0.4, -0.2) is 28.8 Å². The first-order chi connectivity index (χ1) is 10.3. The van der Waals surface area contributed by atoms with Gasteiger partial charge in [0.25, 0.3) is 0 Å². The van der Waals surface area contributed by atoms with E-state index in [0.29, 0.717) is 6.04 Å². The Labute approximate surface area is 129 Å². The average Bonchev–Trinajstić information content (AvgIpc) is 2.83. The van der Waals surface area contributed by atoms with Crippen molar-refractivity contribution in [1.29, 1.82) is 0 Å². The molecule has 120 valence electrons. The van der Waals surface area contributed by atoms with Crippen LogP contribution in [0.15, 0.2) is 6.20 Å². The summed E-state index contributed by atoms with van der Waals surface area (Å²) in [5.74, 6) is 1.05. The molecule has 2 rings (SSSR count). The molecule has 0 aromatic carbocycles. The Bertz CT molecular complexity index is 397. The summed E-state index contributed by atoms with van der Waals surface area (Å²) in [7, 11) is 0. The number of hydrogen-bond acceptors (Lipinski definition) is 3. The lowest BCUT2D eigenvalue weighted by Gasteiger charge is -2.23. The van der Waals surface area contributed by atoms with Crippen LogP contribution in [-0.2, 0) is 11.3 Å². The van der Waals surface area contributed by atoms with Crippen LogP contribution >= 0.6 is 0 Å². The van der Waals surface area contributed by atoms with Crippen molar-refractivity contribution in [3.63, 3.8) is 0 Å². The molecule has 4 nitrogen and oxygen atoms in total. The Balaban J connectivity index is 1.76. The fourth-order valence-corrected chi connectivity index (χ4v) is 2.95. The van der Waals surface area contributed by atoms with E-state index < -0.39 is 0 Å². The van der Waals surface area contributed by atoms with Gasteiger partial charge in [-0.25, -0.2) is 4.98 Å². The predicted octanol–water partition coefficient (Wildman–Crippen LogP) is 4.14. The molecule has 0 unspecified atom stereocenters. The second-order valence-corrected chi connectivity index (χ2v) is 6.20. The van der Waals surface area contributed by atoms with Gasteiger partial charge < -0.3 is 14.6 Å². The molecule has 1 saturated carbocycles. The number of unbranched alkanes of at least 4 members (excludes halogenated alkanes) is 1. The number of aryl methyl sites for hydroxylation is 2. The van der Waals surface area contributed by atoms with Crippen LogP contribution in [0.4, 0.5) is 5.95 Å². The molecule has 1 aromatic rings. The van der Waals surface area contributed by atoms with Gasteiger partial charge in [-0.3, -0.25) is 0 Å². The molecule has 4 heteroatoms. The van der Waals surface area contributed by atoms with Gasteiger partial charge in [0.2, 0.25) is 5.95 Å². The number of rotatable bonds is 9. The zero-order chi connectivity index (χ0) is 14.9. The fraction of sp³-hybridized carbons (Fsp3) is 0.824. The van der Waals surface area contributed by atoms with E-state index in [1.165, 1.54) is 44.9 Å². The quantitative estimate of drug-likeness (QED) is 0.695. The van der Waals surface area contributed by atoms with Crippen LogP contribution in [0.5, 0.6) is 0 Å². The van der Waals surface area contributed by atoms with Gasteiger partial charge in [-0.1, -0.05) is 32.6 Å². The molecule has 21 heavy (non-hydrogen) atoms. The Morgan fingerprint density at radius 2 is 2.00 bits per heavy atom. The minimum atomic E-state index is 0.611. The van der Waals surface area contributed by atoms with E-state index in [0.717, 1.165) is 37.8 Å². The maximum atomic E-state index is 5.64. The Hall–Kier alpha value is -1.03. The standard InChI is InChI=1S/C17H31N3O/c1-3-4-12-21-13-8-11-20-14-15(2)18-17(20)19-16-9-6-5-7-10-16/h14,16H,3-13H2,1-2H3,(H,18,19). The Kier molecular flexibility index (Phi) is 7.07. The molecule has 0 spiro atoms. The van der Waals surface area contributed by atoms with Crippen LogP contribution in [0, 0.1) is 6.92 Å². The van der Waals surface area contributed by atoms with E-state index in [2.05, 4.69) is 34.9 Å². The van der Waals surface area contributed by atoms with Gasteiger partial charge in [0.1, 0.15) is 0 Å². The van der Waals surface area contributed by atoms with Crippen LogP contribution < -0.4 is 5.32 Å². The van der Waals surface area contributed by atoms with Gasteiger partial charge in [0.15, 0.2) is 0 Å². The number of anilines is 1. The highest BCUT2D eigenvalue weighted by Crippen LogP contribution is 2.21. The van der Waals surface area contributed by atoms with E-state index >= 15 is 0 Å². The Morgan fingerprint density at radius 3 is 2.76 bits per heavy atom. The van der Waals surface area contributed by atoms with Crippen molar-refractivity contribution in [2.75, 3.05) is 18.5 Å². The summed E-state index contributed by atoms with van der Waals surface area (Å²) in [6, 6.07) is 0.611. The van der Waals surface area contributed by atoms with Crippen molar-refractivity contribution in [2.24, 2.45) is 0 Å². The van der Waals surface area contributed by atoms with E-state index in [-0.39, 0.29) is 0 Å². The maximum Gasteiger partial charge on any atom is 0.203 e. The molecule has 1 N–H and O–H groups in total. The highest BCUT2D eigenvalue weighted by atomic mass is 16.5. The minimum Gasteiger partial charge on any atom is -0.381 e. The first kappa shape index (κ1) is 16.3. The summed E-state index contributed by atoms with van der Waals surface area (Å²) >= 11 is 0. The van der Waals surface area contributed by atoms with E-state index in [9.17, 15) is 0 Å². The number of imidazole rings is 1. The van der Waals surface area contributed by atoms with Crippen LogP contribution in [0.3, 0.4) is 0 Å². The van der Waals surface area contributed by atoms with Gasteiger partial charge >= 0.3 is 0 Å². The second-order valence-electron chi connectivity index (χ2n) is 6.20. The van der Waals surface area contributed by atoms with Gasteiger partial charge in [-0.05, 0) is 32.6 Å². The summed E-state index contributed by atoms with van der Waals surface area (Å²) in [6.45, 7) is 7.00. The predicted molar refractivity (Wildman–Crippen MR) is 87.8 cm³/mol. The van der Waals surface area contributed by atoms with Crippen molar-refractivity contribution in [1.82, 2.24) is 9.55 Å². The molecular weight excluding hydrogens is 262 g/mol. The summed E-state index contributed by atoms with van der Waals surface area (Å²) in [6.07, 6.45) is 12.2. The lowest BCUT2D eigenvalue weighted by atomic mass is 9.96. The molecule has 0 saturated heterocycles. The largest absolute Gasteiger partial charge is 0.381 e. The third-order valence-corrected chi connectivity index (χ3v) is 4.17. The molecule has 1 aliphatic carbocycles. The lowest BCUT2D eigenvalue weighted by Crippen LogP contribution is -2.24. The van der Waals surface area contributed by atoms with Crippen LogP contribution in [0.2, 0.25) is 0 Å². The van der Waals surface area contributed by atoms with Crippen molar-refractivity contribution >= 4 is 5.95 Å². The molecule has 1 fully saturated rings.